The molecule has 1 aromatic heterocycles. The normalized spacial score (nSPS) is 21.1. The Morgan fingerprint density at radius 2 is 1.96 bits per heavy atom. The number of halogens is 1. The van der Waals surface area contributed by atoms with Crippen LogP contribution in [0.1, 0.15) is 25.7 Å². The molecule has 122 valence electrons. The number of carbonyl (C=O) groups excluding carboxylic acids is 1. The highest BCUT2D eigenvalue weighted by Crippen LogP contribution is 2.18. The number of aromatic nitrogens is 4. The maximum absolute atomic E-state index is 12.0. The number of carbonyl (C=O) groups is 1. The zero-order valence-electron chi connectivity index (χ0n) is 12.5. The molecular formula is C15H18ClN5O2. The van der Waals surface area contributed by atoms with Crippen LogP contribution in [0, 0.1) is 0 Å². The second-order valence-electron chi connectivity index (χ2n) is 5.72. The SMILES string of the molecule is O=C(Cn1nnc(-c2ccc(Cl)cc2)n1)NC1CCC(O)CC1. The molecule has 7 nitrogen and oxygen atoms in total. The lowest BCUT2D eigenvalue weighted by Crippen LogP contribution is -2.40. The third kappa shape index (κ3) is 4.27. The fraction of sp³-hybridized carbons (Fsp3) is 0.467. The van der Waals surface area contributed by atoms with E-state index in [0.29, 0.717) is 10.8 Å². The van der Waals surface area contributed by atoms with Gasteiger partial charge in [-0.15, -0.1) is 10.2 Å². The lowest BCUT2D eigenvalue weighted by atomic mass is 9.93. The Balaban J connectivity index is 1.56. The van der Waals surface area contributed by atoms with Gasteiger partial charge in [-0.1, -0.05) is 11.6 Å². The highest BCUT2D eigenvalue weighted by molar-refractivity contribution is 6.30. The van der Waals surface area contributed by atoms with E-state index in [1.54, 1.807) is 24.3 Å². The summed E-state index contributed by atoms with van der Waals surface area (Å²) in [6.07, 6.45) is 2.82. The summed E-state index contributed by atoms with van der Waals surface area (Å²) >= 11 is 5.84. The van der Waals surface area contributed by atoms with Crippen molar-refractivity contribution in [2.75, 3.05) is 0 Å². The highest BCUT2D eigenvalue weighted by atomic mass is 35.5. The number of tetrazole rings is 1. The van der Waals surface area contributed by atoms with Crippen molar-refractivity contribution in [2.45, 2.75) is 44.4 Å². The van der Waals surface area contributed by atoms with E-state index in [0.717, 1.165) is 31.2 Å². The molecule has 8 heteroatoms. The van der Waals surface area contributed by atoms with Crippen molar-refractivity contribution >= 4 is 17.5 Å². The van der Waals surface area contributed by atoms with Gasteiger partial charge in [0, 0.05) is 16.6 Å². The van der Waals surface area contributed by atoms with E-state index in [1.807, 2.05) is 0 Å². The summed E-state index contributed by atoms with van der Waals surface area (Å²) in [5, 5.41) is 25.1. The molecule has 1 fully saturated rings. The highest BCUT2D eigenvalue weighted by Gasteiger charge is 2.21. The van der Waals surface area contributed by atoms with E-state index in [2.05, 4.69) is 20.7 Å². The van der Waals surface area contributed by atoms with Crippen LogP contribution in [0.4, 0.5) is 0 Å². The largest absolute Gasteiger partial charge is 0.393 e. The Labute approximate surface area is 138 Å². The smallest absolute Gasteiger partial charge is 0.243 e. The Bertz CT molecular complexity index is 665. The molecule has 1 amide bonds. The molecule has 1 aliphatic rings. The van der Waals surface area contributed by atoms with Crippen molar-refractivity contribution in [2.24, 2.45) is 0 Å². The third-order valence-electron chi connectivity index (χ3n) is 3.90. The van der Waals surface area contributed by atoms with Crippen LogP contribution in [-0.4, -0.2) is 43.4 Å². The number of aliphatic hydroxyl groups excluding tert-OH is 1. The van der Waals surface area contributed by atoms with Crippen molar-refractivity contribution < 1.29 is 9.90 Å². The average molecular weight is 336 g/mol. The minimum absolute atomic E-state index is 0.0274. The number of nitrogens with one attached hydrogen (secondary N) is 1. The number of nitrogens with zero attached hydrogens (tertiary/aromatic N) is 4. The molecule has 1 saturated carbocycles. The lowest BCUT2D eigenvalue weighted by molar-refractivity contribution is -0.123. The molecule has 3 rings (SSSR count). The standard InChI is InChI=1S/C15H18ClN5O2/c16-11-3-1-10(2-4-11)15-18-20-21(19-15)9-14(23)17-12-5-7-13(22)8-6-12/h1-4,12-13,22H,5-9H2,(H,17,23). The van der Waals surface area contributed by atoms with Crippen molar-refractivity contribution in [3.8, 4) is 11.4 Å². The van der Waals surface area contributed by atoms with Gasteiger partial charge in [-0.05, 0) is 55.2 Å². The molecule has 2 N–H and O–H groups in total. The fourth-order valence-corrected chi connectivity index (χ4v) is 2.77. The summed E-state index contributed by atoms with van der Waals surface area (Å²) in [4.78, 5) is 13.3. The molecule has 0 saturated heterocycles. The molecule has 0 atom stereocenters. The second kappa shape index (κ2) is 7.06. The van der Waals surface area contributed by atoms with E-state index < -0.39 is 0 Å². The molecule has 0 unspecified atom stereocenters. The summed E-state index contributed by atoms with van der Waals surface area (Å²) in [6, 6.07) is 7.22. The summed E-state index contributed by atoms with van der Waals surface area (Å²) in [6.45, 7) is 0.0274. The van der Waals surface area contributed by atoms with E-state index in [4.69, 9.17) is 11.6 Å². The van der Waals surface area contributed by atoms with Crippen molar-refractivity contribution in [3.05, 3.63) is 29.3 Å². The van der Waals surface area contributed by atoms with Gasteiger partial charge in [-0.25, -0.2) is 0 Å². The number of hydrogen-bond donors (Lipinski definition) is 2. The van der Waals surface area contributed by atoms with Crippen molar-refractivity contribution in [1.29, 1.82) is 0 Å². The number of amides is 1. The zero-order valence-corrected chi connectivity index (χ0v) is 13.3. The number of aliphatic hydroxyl groups is 1. The van der Waals surface area contributed by atoms with E-state index in [-0.39, 0.29) is 24.6 Å². The first kappa shape index (κ1) is 15.9. The van der Waals surface area contributed by atoms with Crippen molar-refractivity contribution in [3.63, 3.8) is 0 Å². The molecule has 0 aliphatic heterocycles. The van der Waals surface area contributed by atoms with Crippen LogP contribution in [-0.2, 0) is 11.3 Å². The van der Waals surface area contributed by atoms with Crippen LogP contribution >= 0.6 is 11.6 Å². The summed E-state index contributed by atoms with van der Waals surface area (Å²) < 4.78 is 0. The molecule has 2 aromatic rings. The van der Waals surface area contributed by atoms with Gasteiger partial charge >= 0.3 is 0 Å². The van der Waals surface area contributed by atoms with Crippen LogP contribution in [0.2, 0.25) is 5.02 Å². The maximum atomic E-state index is 12.0. The first-order valence-corrected chi connectivity index (χ1v) is 7.99. The van der Waals surface area contributed by atoms with Crippen LogP contribution in [0.25, 0.3) is 11.4 Å². The Morgan fingerprint density at radius 3 is 2.65 bits per heavy atom. The van der Waals surface area contributed by atoms with Gasteiger partial charge in [-0.2, -0.15) is 4.80 Å². The monoisotopic (exact) mass is 335 g/mol. The second-order valence-corrected chi connectivity index (χ2v) is 6.16. The zero-order chi connectivity index (χ0) is 16.2. The van der Waals surface area contributed by atoms with Crippen LogP contribution in [0.5, 0.6) is 0 Å². The summed E-state index contributed by atoms with van der Waals surface area (Å²) in [5.41, 5.74) is 0.794. The quantitative estimate of drug-likeness (QED) is 0.881. The van der Waals surface area contributed by atoms with E-state index in [1.165, 1.54) is 4.80 Å². The van der Waals surface area contributed by atoms with Gasteiger partial charge in [0.05, 0.1) is 6.10 Å². The van der Waals surface area contributed by atoms with E-state index >= 15 is 0 Å². The third-order valence-corrected chi connectivity index (χ3v) is 4.15. The van der Waals surface area contributed by atoms with Gasteiger partial charge in [-0.3, -0.25) is 4.79 Å². The van der Waals surface area contributed by atoms with Gasteiger partial charge < -0.3 is 10.4 Å². The average Bonchev–Trinajstić information content (AvgIpc) is 2.98. The fourth-order valence-electron chi connectivity index (χ4n) is 2.65. The Hall–Kier alpha value is -1.99. The Morgan fingerprint density at radius 1 is 1.26 bits per heavy atom. The molecule has 23 heavy (non-hydrogen) atoms. The first-order chi connectivity index (χ1) is 11.1. The predicted octanol–water partition coefficient (Wildman–Crippen LogP) is 1.41. The number of hydrogen-bond acceptors (Lipinski definition) is 5. The minimum atomic E-state index is -0.234. The van der Waals surface area contributed by atoms with Crippen molar-refractivity contribution in [1.82, 2.24) is 25.5 Å². The van der Waals surface area contributed by atoms with Crippen LogP contribution < -0.4 is 5.32 Å². The molecule has 1 aliphatic carbocycles. The summed E-state index contributed by atoms with van der Waals surface area (Å²) in [7, 11) is 0. The topological polar surface area (TPSA) is 92.9 Å². The molecule has 0 spiro atoms. The van der Waals surface area contributed by atoms with Gasteiger partial charge in [0.15, 0.2) is 0 Å². The Kier molecular flexibility index (Phi) is 4.88. The molecule has 1 heterocycles. The number of benzene rings is 1. The van der Waals surface area contributed by atoms with Gasteiger partial charge in [0.25, 0.3) is 0 Å². The number of rotatable bonds is 4. The molecule has 1 aromatic carbocycles. The first-order valence-electron chi connectivity index (χ1n) is 7.61. The van der Waals surface area contributed by atoms with Gasteiger partial charge in [0.1, 0.15) is 6.54 Å². The summed E-state index contributed by atoms with van der Waals surface area (Å²) in [5.74, 6) is 0.307. The predicted molar refractivity (Wildman–Crippen MR) is 84.7 cm³/mol. The minimum Gasteiger partial charge on any atom is -0.393 e. The molecule has 0 radical (unpaired) electrons. The van der Waals surface area contributed by atoms with Crippen LogP contribution in [0.15, 0.2) is 24.3 Å². The van der Waals surface area contributed by atoms with Gasteiger partial charge in [0.2, 0.25) is 11.7 Å². The molecular weight excluding hydrogens is 318 g/mol. The van der Waals surface area contributed by atoms with E-state index in [9.17, 15) is 9.90 Å². The molecule has 0 bridgehead atoms. The maximum Gasteiger partial charge on any atom is 0.243 e. The van der Waals surface area contributed by atoms with Crippen LogP contribution in [0.3, 0.4) is 0 Å². The lowest BCUT2D eigenvalue weighted by Gasteiger charge is -2.25.